The van der Waals surface area contributed by atoms with Crippen LogP contribution >= 0.6 is 0 Å². The second kappa shape index (κ2) is 10.5. The van der Waals surface area contributed by atoms with Gasteiger partial charge in [-0.05, 0) is 31.9 Å². The first-order chi connectivity index (χ1) is 17.7. The number of methoxy groups -OCH3 is 1. The number of ether oxygens (including phenoxy) is 1. The summed E-state index contributed by atoms with van der Waals surface area (Å²) in [7, 11) is 3.38. The van der Waals surface area contributed by atoms with Crippen molar-refractivity contribution in [2.24, 2.45) is 0 Å². The molecule has 1 unspecified atom stereocenters. The van der Waals surface area contributed by atoms with E-state index in [0.29, 0.717) is 37.1 Å². The molecule has 2 aliphatic rings. The van der Waals surface area contributed by atoms with E-state index >= 15 is 0 Å². The maximum absolute atomic E-state index is 13.2. The maximum Gasteiger partial charge on any atom is 0.251 e. The third-order valence-corrected chi connectivity index (χ3v) is 6.53. The van der Waals surface area contributed by atoms with E-state index in [1.165, 1.54) is 0 Å². The highest BCUT2D eigenvalue weighted by atomic mass is 16.5. The van der Waals surface area contributed by atoms with Crippen molar-refractivity contribution in [3.05, 3.63) is 48.4 Å². The van der Waals surface area contributed by atoms with Crippen molar-refractivity contribution in [2.75, 3.05) is 53.8 Å². The SMILES string of the molecule is C=CN(C=C(C)C)c1ccc(Nc2nc(C(C)C)c3c(n2)N2CCN(C=O)CC2C(=O)N3C)cc1OC. The number of nitrogens with one attached hydrogen (secondary N) is 1. The minimum atomic E-state index is -0.474. The van der Waals surface area contributed by atoms with Gasteiger partial charge in [0.2, 0.25) is 12.4 Å². The Morgan fingerprint density at radius 1 is 1.27 bits per heavy atom. The molecule has 196 valence electrons. The van der Waals surface area contributed by atoms with Crippen LogP contribution in [0.15, 0.2) is 42.8 Å². The van der Waals surface area contributed by atoms with Gasteiger partial charge >= 0.3 is 0 Å². The molecule has 2 aliphatic heterocycles. The van der Waals surface area contributed by atoms with Crippen molar-refractivity contribution >= 4 is 41.1 Å². The summed E-state index contributed by atoms with van der Waals surface area (Å²) < 4.78 is 5.67. The smallest absolute Gasteiger partial charge is 0.251 e. The van der Waals surface area contributed by atoms with Gasteiger partial charge in [0.25, 0.3) is 5.91 Å². The number of piperazine rings is 1. The molecule has 10 nitrogen and oxygen atoms in total. The molecule has 2 aromatic rings. The predicted octanol–water partition coefficient (Wildman–Crippen LogP) is 3.85. The Bertz CT molecular complexity index is 1240. The summed E-state index contributed by atoms with van der Waals surface area (Å²) in [5, 5.41) is 3.33. The number of amides is 2. The molecule has 0 aliphatic carbocycles. The van der Waals surface area contributed by atoms with Crippen molar-refractivity contribution in [2.45, 2.75) is 39.7 Å². The van der Waals surface area contributed by atoms with Gasteiger partial charge in [0.1, 0.15) is 17.5 Å². The maximum atomic E-state index is 13.2. The highest BCUT2D eigenvalue weighted by molar-refractivity contribution is 6.05. The summed E-state index contributed by atoms with van der Waals surface area (Å²) >= 11 is 0. The van der Waals surface area contributed by atoms with Crippen molar-refractivity contribution in [1.82, 2.24) is 14.9 Å². The van der Waals surface area contributed by atoms with Crippen LogP contribution < -0.4 is 24.8 Å². The fraction of sp³-hybridized carbons (Fsp3) is 0.407. The summed E-state index contributed by atoms with van der Waals surface area (Å²) in [5.74, 6) is 1.79. The van der Waals surface area contributed by atoms with E-state index in [1.54, 1.807) is 30.2 Å². The minimum Gasteiger partial charge on any atom is -0.494 e. The number of nitrogens with zero attached hydrogens (tertiary/aromatic N) is 6. The van der Waals surface area contributed by atoms with Crippen molar-refractivity contribution in [3.63, 3.8) is 0 Å². The molecule has 37 heavy (non-hydrogen) atoms. The lowest BCUT2D eigenvalue weighted by Gasteiger charge is -2.46. The number of allylic oxidation sites excluding steroid dienone is 1. The average molecular weight is 506 g/mol. The molecule has 2 amide bonds. The Labute approximate surface area is 218 Å². The van der Waals surface area contributed by atoms with Crippen LogP contribution in [-0.4, -0.2) is 67.0 Å². The molecule has 3 heterocycles. The van der Waals surface area contributed by atoms with Crippen LogP contribution in [0.5, 0.6) is 5.75 Å². The minimum absolute atomic E-state index is 0.0579. The van der Waals surface area contributed by atoms with Crippen LogP contribution in [0.4, 0.5) is 28.8 Å². The molecule has 0 saturated carbocycles. The molecule has 1 atom stereocenters. The summed E-state index contributed by atoms with van der Waals surface area (Å²) in [6.07, 6.45) is 4.52. The van der Waals surface area contributed by atoms with Gasteiger partial charge in [-0.1, -0.05) is 26.0 Å². The highest BCUT2D eigenvalue weighted by Gasteiger charge is 2.42. The molecular weight excluding hydrogens is 470 g/mol. The van der Waals surface area contributed by atoms with Crippen molar-refractivity contribution in [3.8, 4) is 5.75 Å². The summed E-state index contributed by atoms with van der Waals surface area (Å²) in [6.45, 7) is 13.4. The zero-order chi connectivity index (χ0) is 26.9. The third kappa shape index (κ3) is 4.96. The van der Waals surface area contributed by atoms with Crippen LogP contribution in [0.2, 0.25) is 0 Å². The molecule has 1 N–H and O–H groups in total. The van der Waals surface area contributed by atoms with E-state index in [9.17, 15) is 9.59 Å². The van der Waals surface area contributed by atoms with Crippen molar-refractivity contribution < 1.29 is 14.3 Å². The number of hydrogen-bond acceptors (Lipinski definition) is 8. The lowest BCUT2D eigenvalue weighted by Crippen LogP contribution is -2.62. The second-order valence-electron chi connectivity index (χ2n) is 9.77. The van der Waals surface area contributed by atoms with Gasteiger partial charge in [-0.25, -0.2) is 4.98 Å². The standard InChI is InChI=1S/C27H35N7O3/c1-8-33(14-17(2)3)20-10-9-19(13-22(20)37-7)28-27-29-23(18(4)5)24-25(30-27)34-12-11-32(16-35)15-21(34)26(36)31(24)6/h8-10,13-14,16,18,21H,1,11-12,15H2,2-7H3,(H,28,29,30). The summed E-state index contributed by atoms with van der Waals surface area (Å²) in [4.78, 5) is 41.5. The van der Waals surface area contributed by atoms with Gasteiger partial charge in [-0.2, -0.15) is 4.98 Å². The number of rotatable bonds is 8. The van der Waals surface area contributed by atoms with Crippen molar-refractivity contribution in [1.29, 1.82) is 0 Å². The molecule has 0 radical (unpaired) electrons. The van der Waals surface area contributed by atoms with E-state index in [4.69, 9.17) is 14.7 Å². The van der Waals surface area contributed by atoms with Gasteiger partial charge in [0, 0.05) is 50.8 Å². The topological polar surface area (TPSA) is 94.1 Å². The first-order valence-electron chi connectivity index (χ1n) is 12.3. The molecule has 10 heteroatoms. The normalized spacial score (nSPS) is 16.7. The number of hydrogen-bond donors (Lipinski definition) is 1. The molecule has 1 aromatic carbocycles. The van der Waals surface area contributed by atoms with E-state index in [2.05, 4.69) is 11.9 Å². The first-order valence-corrected chi connectivity index (χ1v) is 12.3. The Morgan fingerprint density at radius 3 is 2.65 bits per heavy atom. The molecule has 1 aromatic heterocycles. The molecule has 1 fully saturated rings. The molecule has 0 spiro atoms. The number of benzene rings is 1. The number of anilines is 5. The fourth-order valence-electron chi connectivity index (χ4n) is 4.74. The molecule has 4 rings (SSSR count). The quantitative estimate of drug-likeness (QED) is 0.541. The van der Waals surface area contributed by atoms with Crippen LogP contribution in [-0.2, 0) is 9.59 Å². The molecule has 1 saturated heterocycles. The van der Waals surface area contributed by atoms with Crippen LogP contribution in [0, 0.1) is 0 Å². The van der Waals surface area contributed by atoms with E-state index in [-0.39, 0.29) is 11.8 Å². The zero-order valence-corrected chi connectivity index (χ0v) is 22.4. The Balaban J connectivity index is 1.74. The lowest BCUT2D eigenvalue weighted by atomic mass is 10.0. The zero-order valence-electron chi connectivity index (χ0n) is 22.4. The fourth-order valence-corrected chi connectivity index (χ4v) is 4.74. The van der Waals surface area contributed by atoms with E-state index < -0.39 is 6.04 Å². The number of fused-ring (bicyclic) bond motifs is 3. The van der Waals surface area contributed by atoms with Gasteiger partial charge in [0.05, 0.1) is 18.5 Å². The van der Waals surface area contributed by atoms with E-state index in [0.717, 1.165) is 34.7 Å². The Morgan fingerprint density at radius 2 is 2.03 bits per heavy atom. The monoisotopic (exact) mass is 505 g/mol. The number of carbonyl (C=O) groups is 2. The van der Waals surface area contributed by atoms with Gasteiger partial charge in [-0.3, -0.25) is 9.59 Å². The largest absolute Gasteiger partial charge is 0.494 e. The summed E-state index contributed by atoms with van der Waals surface area (Å²) in [6, 6.07) is 5.31. The third-order valence-electron chi connectivity index (χ3n) is 6.53. The number of carbonyl (C=O) groups excluding carboxylic acids is 2. The van der Waals surface area contributed by atoms with Crippen LogP contribution in [0.3, 0.4) is 0 Å². The molecule has 0 bridgehead atoms. The lowest BCUT2D eigenvalue weighted by molar-refractivity contribution is -0.123. The second-order valence-corrected chi connectivity index (χ2v) is 9.77. The van der Waals surface area contributed by atoms with Gasteiger partial charge in [-0.15, -0.1) is 0 Å². The number of aromatic nitrogens is 2. The predicted molar refractivity (Wildman–Crippen MR) is 147 cm³/mol. The van der Waals surface area contributed by atoms with Crippen LogP contribution in [0.25, 0.3) is 0 Å². The van der Waals surface area contributed by atoms with E-state index in [1.807, 2.05) is 61.9 Å². The Hall–Kier alpha value is -4.08. The van der Waals surface area contributed by atoms with Gasteiger partial charge < -0.3 is 29.7 Å². The summed E-state index contributed by atoms with van der Waals surface area (Å²) in [5.41, 5.74) is 4.25. The van der Waals surface area contributed by atoms with Crippen LogP contribution in [0.1, 0.15) is 39.3 Å². The Kier molecular flexibility index (Phi) is 7.37. The molecular formula is C27H35N7O3. The number of likely N-dealkylation sites (N-methyl/N-ethyl adjacent to an activating group) is 1. The highest BCUT2D eigenvalue weighted by Crippen LogP contribution is 2.41. The first kappa shape index (κ1) is 26.0. The average Bonchev–Trinajstić information content (AvgIpc) is 2.89. The van der Waals surface area contributed by atoms with Gasteiger partial charge in [0.15, 0.2) is 5.82 Å².